The zero-order valence-corrected chi connectivity index (χ0v) is 14.7. The smallest absolute Gasteiger partial charge is 0.124 e. The van der Waals surface area contributed by atoms with Crippen molar-refractivity contribution < 1.29 is 4.39 Å². The van der Waals surface area contributed by atoms with Crippen LogP contribution < -0.4 is 11.3 Å². The van der Waals surface area contributed by atoms with E-state index in [1.54, 1.807) is 11.3 Å². The standard InChI is InChI=1S/C15H19BrFN3S/c1-15(2,3)13-8-21-14(19-13)7-12(20-18)9-4-10(16)6-11(17)5-9/h4-6,8,12,20H,7,18H2,1-3H3. The lowest BCUT2D eigenvalue weighted by atomic mass is 9.93. The maximum absolute atomic E-state index is 13.5. The van der Waals surface area contributed by atoms with Gasteiger partial charge in [-0.1, -0.05) is 36.7 Å². The first-order valence-corrected chi connectivity index (χ1v) is 8.34. The molecule has 1 unspecified atom stereocenters. The highest BCUT2D eigenvalue weighted by Crippen LogP contribution is 2.27. The fourth-order valence-electron chi connectivity index (χ4n) is 1.97. The molecule has 21 heavy (non-hydrogen) atoms. The molecular weight excluding hydrogens is 353 g/mol. The van der Waals surface area contributed by atoms with Gasteiger partial charge in [0.2, 0.25) is 0 Å². The Bertz CT molecular complexity index is 601. The fourth-order valence-corrected chi connectivity index (χ4v) is 3.52. The second kappa shape index (κ2) is 6.52. The van der Waals surface area contributed by atoms with Crippen molar-refractivity contribution in [2.75, 3.05) is 0 Å². The number of aromatic nitrogens is 1. The third kappa shape index (κ3) is 4.32. The van der Waals surface area contributed by atoms with Crippen LogP contribution in [0.4, 0.5) is 4.39 Å². The molecule has 114 valence electrons. The molecule has 0 spiro atoms. The number of thiazole rings is 1. The summed E-state index contributed by atoms with van der Waals surface area (Å²) in [5, 5.41) is 3.06. The van der Waals surface area contributed by atoms with Gasteiger partial charge in [-0.2, -0.15) is 0 Å². The number of rotatable bonds is 4. The molecule has 1 heterocycles. The van der Waals surface area contributed by atoms with Gasteiger partial charge in [0, 0.05) is 21.7 Å². The number of hydrogen-bond donors (Lipinski definition) is 2. The maximum Gasteiger partial charge on any atom is 0.124 e. The summed E-state index contributed by atoms with van der Waals surface area (Å²) in [5.74, 6) is 5.35. The van der Waals surface area contributed by atoms with Crippen molar-refractivity contribution in [2.24, 2.45) is 5.84 Å². The van der Waals surface area contributed by atoms with E-state index in [0.29, 0.717) is 10.9 Å². The van der Waals surface area contributed by atoms with Crippen LogP contribution in [0.1, 0.15) is 43.1 Å². The number of nitrogens with two attached hydrogens (primary N) is 1. The van der Waals surface area contributed by atoms with E-state index in [1.165, 1.54) is 12.1 Å². The number of hydrogen-bond acceptors (Lipinski definition) is 4. The van der Waals surface area contributed by atoms with Crippen LogP contribution in [0.2, 0.25) is 0 Å². The minimum Gasteiger partial charge on any atom is -0.271 e. The first-order valence-electron chi connectivity index (χ1n) is 6.66. The van der Waals surface area contributed by atoms with E-state index in [-0.39, 0.29) is 17.3 Å². The van der Waals surface area contributed by atoms with Gasteiger partial charge in [-0.15, -0.1) is 11.3 Å². The van der Waals surface area contributed by atoms with Gasteiger partial charge in [-0.3, -0.25) is 11.3 Å². The molecule has 0 aliphatic rings. The third-order valence-electron chi connectivity index (χ3n) is 3.19. The highest BCUT2D eigenvalue weighted by Gasteiger charge is 2.19. The number of nitrogens with zero attached hydrogens (tertiary/aromatic N) is 1. The predicted octanol–water partition coefficient (Wildman–Crippen LogP) is 4.09. The van der Waals surface area contributed by atoms with E-state index in [0.717, 1.165) is 16.3 Å². The van der Waals surface area contributed by atoms with Crippen LogP contribution in [0.15, 0.2) is 28.1 Å². The molecule has 2 rings (SSSR count). The molecule has 6 heteroatoms. The SMILES string of the molecule is CC(C)(C)c1csc(CC(NN)c2cc(F)cc(Br)c2)n1. The number of halogens is 2. The third-order valence-corrected chi connectivity index (χ3v) is 4.52. The second-order valence-corrected chi connectivity index (χ2v) is 7.86. The second-order valence-electron chi connectivity index (χ2n) is 6.00. The lowest BCUT2D eigenvalue weighted by Gasteiger charge is -2.16. The molecule has 0 fully saturated rings. The van der Waals surface area contributed by atoms with Crippen LogP contribution in [0, 0.1) is 5.82 Å². The van der Waals surface area contributed by atoms with Crippen molar-refractivity contribution in [3.63, 3.8) is 0 Å². The Kier molecular flexibility index (Phi) is 5.14. The monoisotopic (exact) mass is 371 g/mol. The molecule has 0 radical (unpaired) electrons. The van der Waals surface area contributed by atoms with Crippen molar-refractivity contribution in [3.05, 3.63) is 50.1 Å². The van der Waals surface area contributed by atoms with Gasteiger partial charge in [0.25, 0.3) is 0 Å². The molecule has 2 aromatic rings. The largest absolute Gasteiger partial charge is 0.271 e. The molecule has 0 amide bonds. The summed E-state index contributed by atoms with van der Waals surface area (Å²) in [5.41, 5.74) is 4.65. The molecule has 0 bridgehead atoms. The Labute approximate surface area is 136 Å². The number of nitrogens with one attached hydrogen (secondary N) is 1. The molecule has 3 N–H and O–H groups in total. The average Bonchev–Trinajstić information content (AvgIpc) is 2.83. The average molecular weight is 372 g/mol. The lowest BCUT2D eigenvalue weighted by Crippen LogP contribution is -2.29. The highest BCUT2D eigenvalue weighted by molar-refractivity contribution is 9.10. The maximum atomic E-state index is 13.5. The van der Waals surface area contributed by atoms with Crippen LogP contribution >= 0.6 is 27.3 Å². The van der Waals surface area contributed by atoms with Crippen LogP contribution in [0.3, 0.4) is 0 Å². The van der Waals surface area contributed by atoms with E-state index < -0.39 is 0 Å². The molecule has 1 aromatic carbocycles. The summed E-state index contributed by atoms with van der Waals surface area (Å²) in [6.07, 6.45) is 0.632. The molecule has 0 saturated carbocycles. The van der Waals surface area contributed by atoms with Crippen LogP contribution in [-0.4, -0.2) is 4.98 Å². The summed E-state index contributed by atoms with van der Waals surface area (Å²) >= 11 is 4.92. The van der Waals surface area contributed by atoms with Gasteiger partial charge >= 0.3 is 0 Å². The van der Waals surface area contributed by atoms with Gasteiger partial charge in [-0.05, 0) is 23.8 Å². The number of hydrazine groups is 1. The van der Waals surface area contributed by atoms with Gasteiger partial charge < -0.3 is 0 Å². The van der Waals surface area contributed by atoms with Gasteiger partial charge in [0.1, 0.15) is 5.82 Å². The molecule has 0 saturated heterocycles. The topological polar surface area (TPSA) is 50.9 Å². The predicted molar refractivity (Wildman–Crippen MR) is 88.7 cm³/mol. The summed E-state index contributed by atoms with van der Waals surface area (Å²) < 4.78 is 14.2. The summed E-state index contributed by atoms with van der Waals surface area (Å²) in [4.78, 5) is 4.66. The van der Waals surface area contributed by atoms with E-state index >= 15 is 0 Å². The van der Waals surface area contributed by atoms with E-state index in [2.05, 4.69) is 52.5 Å². The Balaban J connectivity index is 2.21. The van der Waals surface area contributed by atoms with Crippen LogP contribution in [-0.2, 0) is 11.8 Å². The van der Waals surface area contributed by atoms with E-state index in [1.807, 2.05) is 6.07 Å². The molecular formula is C15H19BrFN3S. The molecule has 3 nitrogen and oxygen atoms in total. The zero-order chi connectivity index (χ0) is 15.6. The minimum atomic E-state index is -0.283. The van der Waals surface area contributed by atoms with Crippen molar-refractivity contribution in [2.45, 2.75) is 38.6 Å². The zero-order valence-electron chi connectivity index (χ0n) is 12.3. The Morgan fingerprint density at radius 3 is 2.62 bits per heavy atom. The first kappa shape index (κ1) is 16.5. The normalized spacial score (nSPS) is 13.4. The van der Waals surface area contributed by atoms with Crippen LogP contribution in [0.25, 0.3) is 0 Å². The van der Waals surface area contributed by atoms with E-state index in [4.69, 9.17) is 5.84 Å². The summed E-state index contributed by atoms with van der Waals surface area (Å²) in [6.45, 7) is 6.40. The molecule has 0 aliphatic heterocycles. The highest BCUT2D eigenvalue weighted by atomic mass is 79.9. The molecule has 0 aliphatic carbocycles. The van der Waals surface area contributed by atoms with Crippen molar-refractivity contribution in [3.8, 4) is 0 Å². The summed E-state index contributed by atoms with van der Waals surface area (Å²) in [6, 6.07) is 4.62. The molecule has 1 atom stereocenters. The Morgan fingerprint density at radius 1 is 1.38 bits per heavy atom. The van der Waals surface area contributed by atoms with Gasteiger partial charge in [0.05, 0.1) is 16.7 Å². The van der Waals surface area contributed by atoms with Crippen molar-refractivity contribution >= 4 is 27.3 Å². The Morgan fingerprint density at radius 2 is 2.10 bits per heavy atom. The fraction of sp³-hybridized carbons (Fsp3) is 0.400. The quantitative estimate of drug-likeness (QED) is 0.628. The number of benzene rings is 1. The van der Waals surface area contributed by atoms with Gasteiger partial charge in [-0.25, -0.2) is 9.37 Å². The van der Waals surface area contributed by atoms with Crippen LogP contribution in [0.5, 0.6) is 0 Å². The molecule has 1 aromatic heterocycles. The Hall–Kier alpha value is -0.820. The first-order chi connectivity index (χ1) is 9.79. The lowest BCUT2D eigenvalue weighted by molar-refractivity contribution is 0.535. The van der Waals surface area contributed by atoms with Crippen molar-refractivity contribution in [1.29, 1.82) is 0 Å². The summed E-state index contributed by atoms with van der Waals surface area (Å²) in [7, 11) is 0. The minimum absolute atomic E-state index is 0.0300. The van der Waals surface area contributed by atoms with Gasteiger partial charge in [0.15, 0.2) is 0 Å². The van der Waals surface area contributed by atoms with E-state index in [9.17, 15) is 4.39 Å². The van der Waals surface area contributed by atoms with Crippen molar-refractivity contribution in [1.82, 2.24) is 10.4 Å².